The molecule has 0 saturated carbocycles. The minimum Gasteiger partial charge on any atom is -0.481 e. The number of rotatable bonds is 11. The summed E-state index contributed by atoms with van der Waals surface area (Å²) >= 11 is 0. The van der Waals surface area contributed by atoms with Crippen molar-refractivity contribution in [1.82, 2.24) is 10.0 Å². The van der Waals surface area contributed by atoms with Gasteiger partial charge in [0.05, 0.1) is 24.9 Å². The summed E-state index contributed by atoms with van der Waals surface area (Å²) in [5.41, 5.74) is 0. The fraction of sp³-hybridized carbons (Fsp3) is 0.800. The van der Waals surface area contributed by atoms with Gasteiger partial charge in [-0.1, -0.05) is 6.42 Å². The maximum atomic E-state index is 11.8. The fourth-order valence-electron chi connectivity index (χ4n) is 2.85. The summed E-state index contributed by atoms with van der Waals surface area (Å²) in [4.78, 5) is 33.7. The van der Waals surface area contributed by atoms with E-state index in [1.54, 1.807) is 0 Å². The van der Waals surface area contributed by atoms with E-state index >= 15 is 0 Å². The molecule has 13 nitrogen and oxygen atoms in total. The van der Waals surface area contributed by atoms with Gasteiger partial charge in [-0.15, -0.1) is 0 Å². The first kappa shape index (κ1) is 25.2. The molecular formula is C15H26N2O11S. The molecule has 1 aliphatic heterocycles. The van der Waals surface area contributed by atoms with Gasteiger partial charge in [0.2, 0.25) is 15.9 Å². The van der Waals surface area contributed by atoms with Crippen LogP contribution in [0.25, 0.3) is 0 Å². The Labute approximate surface area is 167 Å². The Kier molecular flexibility index (Phi) is 8.92. The van der Waals surface area contributed by atoms with E-state index in [2.05, 4.69) is 5.32 Å². The minimum atomic E-state index is -4.00. The van der Waals surface area contributed by atoms with Crippen molar-refractivity contribution in [2.24, 2.45) is 0 Å². The van der Waals surface area contributed by atoms with E-state index in [4.69, 9.17) is 14.6 Å². The molecule has 14 heteroatoms. The predicted molar refractivity (Wildman–Crippen MR) is 94.9 cm³/mol. The number of carbonyl (C=O) groups excluding carboxylic acids is 1. The topological polar surface area (TPSA) is 209 Å². The highest BCUT2D eigenvalue weighted by Crippen LogP contribution is 2.32. The van der Waals surface area contributed by atoms with E-state index in [1.165, 1.54) is 0 Å². The molecule has 0 unspecified atom stereocenters. The predicted octanol–water partition coefficient (Wildman–Crippen LogP) is -2.44. The van der Waals surface area contributed by atoms with Gasteiger partial charge < -0.3 is 35.2 Å². The lowest BCUT2D eigenvalue weighted by Crippen LogP contribution is -2.75. The summed E-state index contributed by atoms with van der Waals surface area (Å²) in [5, 5.41) is 41.1. The van der Waals surface area contributed by atoms with Gasteiger partial charge in [-0.3, -0.25) is 9.59 Å². The van der Waals surface area contributed by atoms with Gasteiger partial charge in [-0.25, -0.2) is 17.9 Å². The molecule has 1 amide bonds. The van der Waals surface area contributed by atoms with Crippen LogP contribution < -0.4 is 10.0 Å². The van der Waals surface area contributed by atoms with Crippen LogP contribution in [0.4, 0.5) is 0 Å². The molecule has 1 saturated heterocycles. The number of aliphatic hydroxyl groups excluding tert-OH is 2. The molecule has 0 aromatic rings. The second kappa shape index (κ2) is 10.3. The second-order valence-corrected chi connectivity index (χ2v) is 8.40. The molecule has 168 valence electrons. The largest absolute Gasteiger partial charge is 0.481 e. The molecular weight excluding hydrogens is 416 g/mol. The van der Waals surface area contributed by atoms with Gasteiger partial charge >= 0.3 is 11.9 Å². The van der Waals surface area contributed by atoms with Crippen molar-refractivity contribution < 1.29 is 52.7 Å². The number of carboxylic acid groups (broad SMARTS) is 2. The van der Waals surface area contributed by atoms with E-state index in [0.717, 1.165) is 13.2 Å². The van der Waals surface area contributed by atoms with Gasteiger partial charge in [0.25, 0.3) is 5.79 Å². The number of nitrogens with one attached hydrogen (secondary N) is 2. The number of carboxylic acids is 2. The average molecular weight is 442 g/mol. The number of sulfonamides is 1. The maximum Gasteiger partial charge on any atom is 0.367 e. The Hall–Kier alpha value is -1.84. The Morgan fingerprint density at radius 3 is 2.21 bits per heavy atom. The number of carbonyl (C=O) groups is 3. The summed E-state index contributed by atoms with van der Waals surface area (Å²) in [6, 6.07) is -3.18. The van der Waals surface area contributed by atoms with Crippen LogP contribution in [0.3, 0.4) is 0 Å². The van der Waals surface area contributed by atoms with Gasteiger partial charge in [0, 0.05) is 13.3 Å². The standard InChI is InChI=1S/C15H26N2O11S/c1-8(18)16-11-10(17-29(2,25)26)12(21)15(14(23)24,28-13(11)22)27-7-5-3-4-6-9(19)20/h10-13,17,21-22H,3-7H2,1-2H3,(H,16,18)(H,19,20)(H,23,24)/t10-,11-,12+,13-,15-/m1/s1. The Bertz CT molecular complexity index is 713. The number of ether oxygens (including phenoxy) is 2. The Morgan fingerprint density at radius 2 is 1.72 bits per heavy atom. The SMILES string of the molecule is CC(=O)N[C@@H]1[C@@H](NS(C)(=O)=O)[C@H](O)[C@](OCCCCCC(=O)O)(C(=O)O)O[C@H]1O. The van der Waals surface area contributed by atoms with Crippen molar-refractivity contribution in [3.8, 4) is 0 Å². The van der Waals surface area contributed by atoms with Crippen LogP contribution in [0.2, 0.25) is 0 Å². The first-order valence-electron chi connectivity index (χ1n) is 8.67. The van der Waals surface area contributed by atoms with Gasteiger partial charge in [0.15, 0.2) is 6.29 Å². The first-order chi connectivity index (χ1) is 13.3. The van der Waals surface area contributed by atoms with Crippen LogP contribution in [0.15, 0.2) is 0 Å². The van der Waals surface area contributed by atoms with Crippen LogP contribution in [0.5, 0.6) is 0 Å². The summed E-state index contributed by atoms with van der Waals surface area (Å²) in [5.74, 6) is -6.31. The minimum absolute atomic E-state index is 0.0827. The number of amides is 1. The zero-order valence-electron chi connectivity index (χ0n) is 15.9. The molecule has 0 radical (unpaired) electrons. The lowest BCUT2D eigenvalue weighted by molar-refractivity contribution is -0.352. The lowest BCUT2D eigenvalue weighted by Gasteiger charge is -2.47. The van der Waals surface area contributed by atoms with Crippen LogP contribution in [0.1, 0.15) is 32.6 Å². The molecule has 1 heterocycles. The van der Waals surface area contributed by atoms with E-state index < -0.39 is 58.1 Å². The monoisotopic (exact) mass is 442 g/mol. The molecule has 0 aliphatic carbocycles. The highest BCUT2D eigenvalue weighted by molar-refractivity contribution is 7.88. The number of hydrogen-bond donors (Lipinski definition) is 6. The highest BCUT2D eigenvalue weighted by Gasteiger charge is 2.60. The number of aliphatic carboxylic acids is 2. The quantitative estimate of drug-likeness (QED) is 0.185. The number of unbranched alkanes of at least 4 members (excludes halogenated alkanes) is 2. The average Bonchev–Trinajstić information content (AvgIpc) is 2.56. The van der Waals surface area contributed by atoms with E-state index in [9.17, 15) is 38.1 Å². The molecule has 0 aromatic carbocycles. The molecule has 1 aliphatic rings. The Balaban J connectivity index is 3.03. The normalized spacial score (nSPS) is 29.9. The highest BCUT2D eigenvalue weighted by atomic mass is 32.2. The third kappa shape index (κ3) is 7.17. The molecule has 1 fully saturated rings. The summed E-state index contributed by atoms with van der Waals surface area (Å²) in [7, 11) is -4.00. The smallest absolute Gasteiger partial charge is 0.367 e. The van der Waals surface area contributed by atoms with Crippen LogP contribution >= 0.6 is 0 Å². The third-order valence-electron chi connectivity index (χ3n) is 4.09. The van der Waals surface area contributed by atoms with Crippen LogP contribution in [0, 0.1) is 0 Å². The summed E-state index contributed by atoms with van der Waals surface area (Å²) < 4.78 is 35.5. The van der Waals surface area contributed by atoms with Crippen molar-refractivity contribution in [2.45, 2.75) is 62.9 Å². The number of hydrogen-bond acceptors (Lipinski definition) is 9. The van der Waals surface area contributed by atoms with E-state index in [-0.39, 0.29) is 19.4 Å². The second-order valence-electron chi connectivity index (χ2n) is 6.62. The fourth-order valence-corrected chi connectivity index (χ4v) is 3.62. The Morgan fingerprint density at radius 1 is 1.10 bits per heavy atom. The maximum absolute atomic E-state index is 11.8. The van der Waals surface area contributed by atoms with E-state index in [1.807, 2.05) is 4.72 Å². The van der Waals surface area contributed by atoms with Crippen LogP contribution in [-0.2, 0) is 33.9 Å². The molecule has 0 spiro atoms. The van der Waals surface area contributed by atoms with Crippen molar-refractivity contribution in [3.05, 3.63) is 0 Å². The van der Waals surface area contributed by atoms with Crippen molar-refractivity contribution >= 4 is 27.9 Å². The third-order valence-corrected chi connectivity index (χ3v) is 4.79. The zero-order chi connectivity index (χ0) is 22.4. The van der Waals surface area contributed by atoms with Crippen molar-refractivity contribution in [3.63, 3.8) is 0 Å². The molecule has 1 rings (SSSR count). The van der Waals surface area contributed by atoms with Crippen molar-refractivity contribution in [1.29, 1.82) is 0 Å². The molecule has 0 bridgehead atoms. The van der Waals surface area contributed by atoms with Crippen LogP contribution in [-0.4, -0.2) is 89.8 Å². The van der Waals surface area contributed by atoms with E-state index in [0.29, 0.717) is 12.8 Å². The molecule has 5 atom stereocenters. The summed E-state index contributed by atoms with van der Waals surface area (Å²) in [6.07, 6.45) is -2.60. The molecule has 6 N–H and O–H groups in total. The summed E-state index contributed by atoms with van der Waals surface area (Å²) in [6.45, 7) is 0.787. The van der Waals surface area contributed by atoms with Gasteiger partial charge in [-0.2, -0.15) is 0 Å². The first-order valence-corrected chi connectivity index (χ1v) is 10.6. The van der Waals surface area contributed by atoms with Crippen molar-refractivity contribution in [2.75, 3.05) is 12.9 Å². The molecule has 0 aromatic heterocycles. The zero-order valence-corrected chi connectivity index (χ0v) is 16.7. The molecule has 29 heavy (non-hydrogen) atoms. The number of aliphatic hydroxyl groups is 2. The van der Waals surface area contributed by atoms with Gasteiger partial charge in [-0.05, 0) is 12.8 Å². The van der Waals surface area contributed by atoms with Gasteiger partial charge in [0.1, 0.15) is 6.10 Å². The lowest BCUT2D eigenvalue weighted by atomic mass is 9.92.